The average molecular weight is 439 g/mol. The van der Waals surface area contributed by atoms with Crippen LogP contribution in [0.2, 0.25) is 0 Å². The number of carbonyl (C=O) groups excluding carboxylic acids is 2. The monoisotopic (exact) mass is 438 g/mol. The molecule has 1 aromatic heterocycles. The SMILES string of the molecule is CCCCc1ccc(NC(=O)c2c(NC(=O)C(F)(F)F)sc3c2CCCCC3)cc1. The number of rotatable bonds is 6. The molecule has 2 N–H and O–H groups in total. The van der Waals surface area contributed by atoms with Gasteiger partial charge < -0.3 is 10.6 Å². The van der Waals surface area contributed by atoms with Crippen molar-refractivity contribution in [2.24, 2.45) is 0 Å². The van der Waals surface area contributed by atoms with E-state index in [1.165, 1.54) is 0 Å². The van der Waals surface area contributed by atoms with Gasteiger partial charge in [0.25, 0.3) is 5.91 Å². The predicted molar refractivity (Wildman–Crippen MR) is 113 cm³/mol. The Hall–Kier alpha value is -2.35. The van der Waals surface area contributed by atoms with Gasteiger partial charge in [-0.2, -0.15) is 13.2 Å². The van der Waals surface area contributed by atoms with Crippen molar-refractivity contribution in [2.45, 2.75) is 64.5 Å². The van der Waals surface area contributed by atoms with E-state index in [1.54, 1.807) is 12.1 Å². The van der Waals surface area contributed by atoms with Gasteiger partial charge in [0, 0.05) is 10.6 Å². The molecule has 0 unspecified atom stereocenters. The van der Waals surface area contributed by atoms with Gasteiger partial charge in [0.2, 0.25) is 0 Å². The molecule has 0 atom stereocenters. The lowest BCUT2D eigenvalue weighted by Gasteiger charge is -2.11. The second-order valence-corrected chi connectivity index (χ2v) is 8.58. The molecule has 162 valence electrons. The topological polar surface area (TPSA) is 58.2 Å². The number of halogens is 3. The fourth-order valence-electron chi connectivity index (χ4n) is 3.57. The number of anilines is 2. The fourth-order valence-corrected chi connectivity index (χ4v) is 4.86. The number of alkyl halides is 3. The predicted octanol–water partition coefficient (Wildman–Crippen LogP) is 6.11. The summed E-state index contributed by atoms with van der Waals surface area (Å²) >= 11 is 1.08. The molecule has 2 aromatic rings. The lowest BCUT2D eigenvalue weighted by Crippen LogP contribution is -2.30. The first-order valence-corrected chi connectivity index (χ1v) is 11.0. The zero-order chi connectivity index (χ0) is 21.7. The molecule has 0 spiro atoms. The van der Waals surface area contributed by atoms with E-state index in [2.05, 4.69) is 12.2 Å². The van der Waals surface area contributed by atoms with Crippen molar-refractivity contribution in [1.29, 1.82) is 0 Å². The summed E-state index contributed by atoms with van der Waals surface area (Å²) in [4.78, 5) is 25.4. The van der Waals surface area contributed by atoms with Gasteiger partial charge in [0.05, 0.1) is 5.56 Å². The van der Waals surface area contributed by atoms with Crippen molar-refractivity contribution in [3.63, 3.8) is 0 Å². The number of hydrogen-bond acceptors (Lipinski definition) is 3. The van der Waals surface area contributed by atoms with Crippen LogP contribution in [0.5, 0.6) is 0 Å². The number of unbranched alkanes of at least 4 members (excludes halogenated alkanes) is 1. The molecular formula is C22H25F3N2O2S. The van der Waals surface area contributed by atoms with Crippen molar-refractivity contribution < 1.29 is 22.8 Å². The van der Waals surface area contributed by atoms with Crippen molar-refractivity contribution >= 4 is 33.8 Å². The molecule has 3 rings (SSSR count). The summed E-state index contributed by atoms with van der Waals surface area (Å²) in [6, 6.07) is 7.46. The molecule has 30 heavy (non-hydrogen) atoms. The Labute approximate surface area is 177 Å². The van der Waals surface area contributed by atoms with Gasteiger partial charge in [-0.3, -0.25) is 9.59 Å². The summed E-state index contributed by atoms with van der Waals surface area (Å²) in [5.74, 6) is -2.55. The van der Waals surface area contributed by atoms with E-state index >= 15 is 0 Å². The largest absolute Gasteiger partial charge is 0.471 e. The van der Waals surface area contributed by atoms with Crippen molar-refractivity contribution in [3.05, 3.63) is 45.8 Å². The lowest BCUT2D eigenvalue weighted by molar-refractivity contribution is -0.167. The highest BCUT2D eigenvalue weighted by Gasteiger charge is 2.40. The minimum atomic E-state index is -5.01. The van der Waals surface area contributed by atoms with Crippen molar-refractivity contribution in [3.8, 4) is 0 Å². The molecule has 8 heteroatoms. The quantitative estimate of drug-likeness (QED) is 0.535. The van der Waals surface area contributed by atoms with Gasteiger partial charge in [0.15, 0.2) is 0 Å². The highest BCUT2D eigenvalue weighted by atomic mass is 32.1. The van der Waals surface area contributed by atoms with Gasteiger partial charge in [-0.1, -0.05) is 31.9 Å². The average Bonchev–Trinajstić information content (AvgIpc) is 2.87. The maximum atomic E-state index is 13.0. The molecular weight excluding hydrogens is 413 g/mol. The Morgan fingerprint density at radius 1 is 1.03 bits per heavy atom. The molecule has 2 amide bonds. The highest BCUT2D eigenvalue weighted by molar-refractivity contribution is 7.17. The molecule has 0 radical (unpaired) electrons. The summed E-state index contributed by atoms with van der Waals surface area (Å²) in [5, 5.41) is 4.68. The van der Waals surface area contributed by atoms with E-state index in [9.17, 15) is 22.8 Å². The van der Waals surface area contributed by atoms with Crippen LogP contribution in [-0.2, 0) is 24.1 Å². The number of amides is 2. The van der Waals surface area contributed by atoms with E-state index < -0.39 is 18.0 Å². The second kappa shape index (κ2) is 9.64. The van der Waals surface area contributed by atoms with Crippen molar-refractivity contribution in [1.82, 2.24) is 0 Å². The summed E-state index contributed by atoms with van der Waals surface area (Å²) < 4.78 is 38.3. The zero-order valence-corrected chi connectivity index (χ0v) is 17.6. The van der Waals surface area contributed by atoms with Crippen LogP contribution in [0.15, 0.2) is 24.3 Å². The Kier molecular flexibility index (Phi) is 7.18. The van der Waals surface area contributed by atoms with Crippen molar-refractivity contribution in [2.75, 3.05) is 10.6 Å². The number of aryl methyl sites for hydroxylation is 2. The normalized spacial score (nSPS) is 14.0. The molecule has 4 nitrogen and oxygen atoms in total. The third kappa shape index (κ3) is 5.41. The standard InChI is InChI=1S/C22H25F3N2O2S/c1-2-3-7-14-10-12-15(13-11-14)26-19(28)18-16-8-5-4-6-9-17(16)30-20(18)27-21(29)22(23,24)25/h10-13H,2-9H2,1H3,(H,26,28)(H,27,29). The minimum Gasteiger partial charge on any atom is -0.322 e. The molecule has 0 saturated heterocycles. The van der Waals surface area contributed by atoms with Crippen LogP contribution in [0.4, 0.5) is 23.9 Å². The van der Waals surface area contributed by atoms with E-state index in [0.29, 0.717) is 18.5 Å². The molecule has 1 heterocycles. The Morgan fingerprint density at radius 2 is 1.73 bits per heavy atom. The third-order valence-electron chi connectivity index (χ3n) is 5.16. The van der Waals surface area contributed by atoms with Gasteiger partial charge >= 0.3 is 12.1 Å². The van der Waals surface area contributed by atoms with Gasteiger partial charge in [-0.15, -0.1) is 11.3 Å². The second-order valence-electron chi connectivity index (χ2n) is 7.48. The summed E-state index contributed by atoms with van der Waals surface area (Å²) in [6.07, 6.45) is 2.22. The molecule has 0 saturated carbocycles. The first-order chi connectivity index (χ1) is 14.3. The number of hydrogen-bond donors (Lipinski definition) is 2. The Balaban J connectivity index is 1.86. The zero-order valence-electron chi connectivity index (χ0n) is 16.8. The first-order valence-electron chi connectivity index (χ1n) is 10.2. The van der Waals surface area contributed by atoms with Gasteiger partial charge in [-0.25, -0.2) is 0 Å². The molecule has 0 fully saturated rings. The Morgan fingerprint density at radius 3 is 2.40 bits per heavy atom. The summed E-state index contributed by atoms with van der Waals surface area (Å²) in [5.41, 5.74) is 2.65. The maximum Gasteiger partial charge on any atom is 0.471 e. The Bertz CT molecular complexity index is 904. The molecule has 1 aliphatic rings. The minimum absolute atomic E-state index is 0.0266. The number of fused-ring (bicyclic) bond motifs is 1. The third-order valence-corrected chi connectivity index (χ3v) is 6.37. The molecule has 1 aliphatic carbocycles. The number of nitrogens with one attached hydrogen (secondary N) is 2. The lowest BCUT2D eigenvalue weighted by atomic mass is 10.0. The molecule has 0 bridgehead atoms. The van der Waals surface area contributed by atoms with E-state index in [4.69, 9.17) is 0 Å². The highest BCUT2D eigenvalue weighted by Crippen LogP contribution is 2.38. The van der Waals surface area contributed by atoms with Crippen LogP contribution in [0.3, 0.4) is 0 Å². The van der Waals surface area contributed by atoms with E-state index in [-0.39, 0.29) is 10.6 Å². The van der Waals surface area contributed by atoms with E-state index in [0.717, 1.165) is 65.9 Å². The number of carbonyl (C=O) groups is 2. The van der Waals surface area contributed by atoms with Crippen LogP contribution in [0.1, 0.15) is 65.4 Å². The van der Waals surface area contributed by atoms with Crippen LogP contribution in [0, 0.1) is 0 Å². The van der Waals surface area contributed by atoms with Crippen LogP contribution >= 0.6 is 11.3 Å². The number of benzene rings is 1. The van der Waals surface area contributed by atoms with Crippen LogP contribution in [-0.4, -0.2) is 18.0 Å². The molecule has 1 aromatic carbocycles. The molecule has 0 aliphatic heterocycles. The van der Waals surface area contributed by atoms with Crippen LogP contribution < -0.4 is 10.6 Å². The number of thiophene rings is 1. The van der Waals surface area contributed by atoms with Gasteiger partial charge in [0.1, 0.15) is 5.00 Å². The fraction of sp³-hybridized carbons (Fsp3) is 0.455. The van der Waals surface area contributed by atoms with Gasteiger partial charge in [-0.05, 0) is 61.8 Å². The summed E-state index contributed by atoms with van der Waals surface area (Å²) in [7, 11) is 0. The van der Waals surface area contributed by atoms with E-state index in [1.807, 2.05) is 17.4 Å². The smallest absolute Gasteiger partial charge is 0.322 e. The van der Waals surface area contributed by atoms with Crippen LogP contribution in [0.25, 0.3) is 0 Å². The maximum absolute atomic E-state index is 13.0. The summed E-state index contributed by atoms with van der Waals surface area (Å²) in [6.45, 7) is 2.12. The first kappa shape index (κ1) is 22.3.